The van der Waals surface area contributed by atoms with Crippen LogP contribution in [0.2, 0.25) is 0 Å². The number of aromatic nitrogens is 1. The van der Waals surface area contributed by atoms with Crippen LogP contribution in [0.25, 0.3) is 0 Å². The van der Waals surface area contributed by atoms with E-state index < -0.39 is 0 Å². The Morgan fingerprint density at radius 1 is 1.39 bits per heavy atom. The predicted octanol–water partition coefficient (Wildman–Crippen LogP) is 0.825. The maximum atomic E-state index is 12.3. The molecule has 0 saturated carbocycles. The number of pyridine rings is 1. The van der Waals surface area contributed by atoms with Crippen molar-refractivity contribution in [2.75, 3.05) is 18.4 Å². The number of oxime groups is 1. The van der Waals surface area contributed by atoms with Crippen LogP contribution in [0.1, 0.15) is 13.8 Å². The second kappa shape index (κ2) is 6.23. The zero-order valence-electron chi connectivity index (χ0n) is 13.0. The SMILES string of the molecule is CC(C)NC(=O)C1=NOC2CN(C(=O)Nc3cccnc3)CC12. The van der Waals surface area contributed by atoms with E-state index in [9.17, 15) is 9.59 Å². The van der Waals surface area contributed by atoms with Gasteiger partial charge in [-0.2, -0.15) is 0 Å². The van der Waals surface area contributed by atoms with Gasteiger partial charge in [-0.1, -0.05) is 5.16 Å². The minimum Gasteiger partial charge on any atom is -0.389 e. The molecule has 1 fully saturated rings. The van der Waals surface area contributed by atoms with E-state index in [1.807, 2.05) is 13.8 Å². The van der Waals surface area contributed by atoms with E-state index in [1.54, 1.807) is 29.4 Å². The van der Waals surface area contributed by atoms with Crippen LogP contribution >= 0.6 is 0 Å². The van der Waals surface area contributed by atoms with Gasteiger partial charge in [0.2, 0.25) is 0 Å². The fraction of sp³-hybridized carbons (Fsp3) is 0.467. The van der Waals surface area contributed by atoms with Crippen LogP contribution in [-0.2, 0) is 9.63 Å². The van der Waals surface area contributed by atoms with Crippen molar-refractivity contribution in [1.82, 2.24) is 15.2 Å². The number of anilines is 1. The van der Waals surface area contributed by atoms with E-state index in [0.717, 1.165) is 0 Å². The third-order valence-corrected chi connectivity index (χ3v) is 3.76. The van der Waals surface area contributed by atoms with Gasteiger partial charge in [-0.25, -0.2) is 4.79 Å². The fourth-order valence-corrected chi connectivity index (χ4v) is 2.69. The molecule has 1 saturated heterocycles. The van der Waals surface area contributed by atoms with E-state index >= 15 is 0 Å². The molecule has 1 aromatic rings. The van der Waals surface area contributed by atoms with Crippen LogP contribution in [0.15, 0.2) is 29.7 Å². The summed E-state index contributed by atoms with van der Waals surface area (Å²) in [6.45, 7) is 4.57. The average Bonchev–Trinajstić information content (AvgIpc) is 3.07. The molecule has 2 N–H and O–H groups in total. The minimum absolute atomic E-state index is 0.0237. The Bertz CT molecular complexity index is 631. The number of likely N-dealkylation sites (tertiary alicyclic amines) is 1. The second-order valence-corrected chi connectivity index (χ2v) is 5.93. The summed E-state index contributed by atoms with van der Waals surface area (Å²) in [6, 6.07) is 3.30. The maximum absolute atomic E-state index is 12.3. The summed E-state index contributed by atoms with van der Waals surface area (Å²) in [5.74, 6) is -0.421. The third kappa shape index (κ3) is 3.25. The molecule has 8 heteroatoms. The Morgan fingerprint density at radius 3 is 2.91 bits per heavy atom. The van der Waals surface area contributed by atoms with Crippen molar-refractivity contribution < 1.29 is 14.4 Å². The topological polar surface area (TPSA) is 95.9 Å². The number of amides is 3. The molecule has 3 heterocycles. The van der Waals surface area contributed by atoms with Gasteiger partial charge in [-0.3, -0.25) is 9.78 Å². The first-order valence-corrected chi connectivity index (χ1v) is 7.55. The highest BCUT2D eigenvalue weighted by molar-refractivity contribution is 6.40. The molecule has 8 nitrogen and oxygen atoms in total. The van der Waals surface area contributed by atoms with Crippen LogP contribution in [-0.4, -0.2) is 52.8 Å². The van der Waals surface area contributed by atoms with Gasteiger partial charge in [0.1, 0.15) is 0 Å². The van der Waals surface area contributed by atoms with E-state index in [4.69, 9.17) is 4.84 Å². The van der Waals surface area contributed by atoms with Crippen molar-refractivity contribution >= 4 is 23.3 Å². The number of nitrogens with one attached hydrogen (secondary N) is 2. The molecule has 0 spiro atoms. The van der Waals surface area contributed by atoms with Crippen molar-refractivity contribution in [3.63, 3.8) is 0 Å². The molecule has 122 valence electrons. The molecule has 3 rings (SSSR count). The Balaban J connectivity index is 1.61. The summed E-state index contributed by atoms with van der Waals surface area (Å²) in [6.07, 6.45) is 2.95. The highest BCUT2D eigenvalue weighted by Gasteiger charge is 2.46. The van der Waals surface area contributed by atoms with Crippen LogP contribution in [0.3, 0.4) is 0 Å². The van der Waals surface area contributed by atoms with E-state index in [1.165, 1.54) is 0 Å². The molecule has 2 aliphatic rings. The van der Waals surface area contributed by atoms with Gasteiger partial charge in [0, 0.05) is 18.8 Å². The molecule has 0 aliphatic carbocycles. The van der Waals surface area contributed by atoms with Crippen molar-refractivity contribution in [2.24, 2.45) is 11.1 Å². The summed E-state index contributed by atoms with van der Waals surface area (Å²) < 4.78 is 0. The number of carbonyl (C=O) groups excluding carboxylic acids is 2. The zero-order chi connectivity index (χ0) is 16.4. The van der Waals surface area contributed by atoms with Crippen molar-refractivity contribution in [3.8, 4) is 0 Å². The molecule has 0 bridgehead atoms. The molecule has 0 radical (unpaired) electrons. The molecule has 2 atom stereocenters. The average molecular weight is 317 g/mol. The minimum atomic E-state index is -0.262. The molecule has 2 unspecified atom stereocenters. The normalized spacial score (nSPS) is 22.4. The van der Waals surface area contributed by atoms with Crippen molar-refractivity contribution in [3.05, 3.63) is 24.5 Å². The lowest BCUT2D eigenvalue weighted by Crippen LogP contribution is -2.40. The number of hydrogen-bond donors (Lipinski definition) is 2. The van der Waals surface area contributed by atoms with Crippen molar-refractivity contribution in [2.45, 2.75) is 26.0 Å². The van der Waals surface area contributed by atoms with E-state index in [-0.39, 0.29) is 30.0 Å². The molecule has 23 heavy (non-hydrogen) atoms. The summed E-state index contributed by atoms with van der Waals surface area (Å²) in [5, 5.41) is 9.47. The number of rotatable bonds is 3. The van der Waals surface area contributed by atoms with Gasteiger partial charge < -0.3 is 20.4 Å². The number of fused-ring (bicyclic) bond motifs is 1. The molecule has 1 aromatic heterocycles. The smallest absolute Gasteiger partial charge is 0.322 e. The summed E-state index contributed by atoms with van der Waals surface area (Å²) >= 11 is 0. The van der Waals surface area contributed by atoms with Crippen LogP contribution in [0.5, 0.6) is 0 Å². The Hall–Kier alpha value is -2.64. The van der Waals surface area contributed by atoms with Crippen LogP contribution < -0.4 is 10.6 Å². The monoisotopic (exact) mass is 317 g/mol. The lowest BCUT2D eigenvalue weighted by atomic mass is 10.0. The Kier molecular flexibility index (Phi) is 4.14. The molecular weight excluding hydrogens is 298 g/mol. The second-order valence-electron chi connectivity index (χ2n) is 5.93. The summed E-state index contributed by atoms with van der Waals surface area (Å²) in [4.78, 5) is 35.3. The Morgan fingerprint density at radius 2 is 2.22 bits per heavy atom. The number of carbonyl (C=O) groups is 2. The van der Waals surface area contributed by atoms with Gasteiger partial charge >= 0.3 is 6.03 Å². The van der Waals surface area contributed by atoms with Gasteiger partial charge in [0.25, 0.3) is 5.91 Å². The predicted molar refractivity (Wildman–Crippen MR) is 83.9 cm³/mol. The molecule has 0 aromatic carbocycles. The number of urea groups is 1. The van der Waals surface area contributed by atoms with Gasteiger partial charge in [-0.15, -0.1) is 0 Å². The van der Waals surface area contributed by atoms with Crippen molar-refractivity contribution in [1.29, 1.82) is 0 Å². The first-order valence-electron chi connectivity index (χ1n) is 7.55. The molecule has 2 aliphatic heterocycles. The van der Waals surface area contributed by atoms with E-state index in [2.05, 4.69) is 20.8 Å². The quantitative estimate of drug-likeness (QED) is 0.863. The highest BCUT2D eigenvalue weighted by Crippen LogP contribution is 2.27. The summed E-state index contributed by atoms with van der Waals surface area (Å²) in [7, 11) is 0. The largest absolute Gasteiger partial charge is 0.389 e. The Labute approximate surface area is 133 Å². The van der Waals surface area contributed by atoms with Crippen LogP contribution in [0, 0.1) is 5.92 Å². The van der Waals surface area contributed by atoms with Gasteiger partial charge in [0.15, 0.2) is 11.8 Å². The lowest BCUT2D eigenvalue weighted by Gasteiger charge is -2.17. The standard InChI is InChI=1S/C15H19N5O3/c1-9(2)17-14(21)13-11-7-20(8-12(11)23-19-13)15(22)18-10-4-3-5-16-6-10/h3-6,9,11-12H,7-8H2,1-2H3,(H,17,21)(H,18,22). The maximum Gasteiger partial charge on any atom is 0.322 e. The summed E-state index contributed by atoms with van der Waals surface area (Å²) in [5.41, 5.74) is 0.988. The first kappa shape index (κ1) is 15.3. The number of nitrogens with zero attached hydrogens (tertiary/aromatic N) is 3. The fourth-order valence-electron chi connectivity index (χ4n) is 2.69. The first-order chi connectivity index (χ1) is 11.0. The van der Waals surface area contributed by atoms with Crippen LogP contribution in [0.4, 0.5) is 10.5 Å². The van der Waals surface area contributed by atoms with Gasteiger partial charge in [-0.05, 0) is 26.0 Å². The lowest BCUT2D eigenvalue weighted by molar-refractivity contribution is -0.115. The van der Waals surface area contributed by atoms with Gasteiger partial charge in [0.05, 0.1) is 24.3 Å². The molecular formula is C15H19N5O3. The third-order valence-electron chi connectivity index (χ3n) is 3.76. The molecule has 3 amide bonds. The number of hydrogen-bond acceptors (Lipinski definition) is 5. The van der Waals surface area contributed by atoms with E-state index in [0.29, 0.717) is 24.5 Å². The highest BCUT2D eigenvalue weighted by atomic mass is 16.6. The zero-order valence-corrected chi connectivity index (χ0v) is 13.0.